The van der Waals surface area contributed by atoms with E-state index < -0.39 is 5.92 Å². The number of nitrogens with one attached hydrogen (secondary N) is 2. The molecular weight excluding hydrogens is 230 g/mol. The lowest BCUT2D eigenvalue weighted by Crippen LogP contribution is -2.43. The fraction of sp³-hybridized carbons (Fsp3) is 0.308. The van der Waals surface area contributed by atoms with Crippen molar-refractivity contribution < 1.29 is 9.59 Å². The Hall–Kier alpha value is -2.17. The fourth-order valence-corrected chi connectivity index (χ4v) is 1.81. The van der Waals surface area contributed by atoms with Crippen LogP contribution in [0.25, 0.3) is 0 Å². The molecule has 5 heteroatoms. The number of carbonyl (C=O) groups excluding carboxylic acids is 2. The molecule has 5 nitrogen and oxygen atoms in total. The van der Waals surface area contributed by atoms with Gasteiger partial charge in [-0.25, -0.2) is 5.43 Å². The number of piperidine rings is 1. The summed E-state index contributed by atoms with van der Waals surface area (Å²) in [7, 11) is 0. The van der Waals surface area contributed by atoms with Crippen molar-refractivity contribution in [2.75, 3.05) is 6.54 Å². The van der Waals surface area contributed by atoms with E-state index in [-0.39, 0.29) is 11.8 Å². The molecule has 2 amide bonds. The van der Waals surface area contributed by atoms with E-state index in [0.29, 0.717) is 13.0 Å². The van der Waals surface area contributed by atoms with Crippen molar-refractivity contribution in [3.8, 4) is 0 Å². The third kappa shape index (κ3) is 3.16. The van der Waals surface area contributed by atoms with Gasteiger partial charge < -0.3 is 5.32 Å². The first kappa shape index (κ1) is 12.3. The van der Waals surface area contributed by atoms with E-state index in [9.17, 15) is 9.59 Å². The Bertz CT molecular complexity index is 457. The van der Waals surface area contributed by atoms with Crippen molar-refractivity contribution in [2.45, 2.75) is 12.8 Å². The lowest BCUT2D eigenvalue weighted by atomic mass is 9.98. The Morgan fingerprint density at radius 2 is 2.17 bits per heavy atom. The zero-order valence-corrected chi connectivity index (χ0v) is 9.93. The van der Waals surface area contributed by atoms with Crippen LogP contribution < -0.4 is 10.7 Å². The Balaban J connectivity index is 1.88. The van der Waals surface area contributed by atoms with Gasteiger partial charge in [0.15, 0.2) is 0 Å². The molecule has 0 saturated carbocycles. The van der Waals surface area contributed by atoms with Crippen LogP contribution in [0, 0.1) is 5.92 Å². The second-order valence-electron chi connectivity index (χ2n) is 4.13. The summed E-state index contributed by atoms with van der Waals surface area (Å²) in [6.45, 7) is 0.649. The lowest BCUT2D eigenvalue weighted by Gasteiger charge is -2.19. The number of hydrogen-bond acceptors (Lipinski definition) is 3. The van der Waals surface area contributed by atoms with Gasteiger partial charge in [0, 0.05) is 6.54 Å². The van der Waals surface area contributed by atoms with Crippen molar-refractivity contribution in [3.05, 3.63) is 35.9 Å². The molecule has 1 saturated heterocycles. The Kier molecular flexibility index (Phi) is 4.06. The predicted octanol–water partition coefficient (Wildman–Crippen LogP) is 0.663. The fourth-order valence-electron chi connectivity index (χ4n) is 1.81. The van der Waals surface area contributed by atoms with E-state index in [2.05, 4.69) is 15.8 Å². The molecule has 18 heavy (non-hydrogen) atoms. The number of carbonyl (C=O) groups is 2. The first-order valence-corrected chi connectivity index (χ1v) is 5.93. The first-order valence-electron chi connectivity index (χ1n) is 5.93. The molecular formula is C13H15N3O2. The molecule has 1 unspecified atom stereocenters. The van der Waals surface area contributed by atoms with Gasteiger partial charge in [0.2, 0.25) is 5.91 Å². The molecule has 1 aliphatic heterocycles. The van der Waals surface area contributed by atoms with Crippen LogP contribution in [0.3, 0.4) is 0 Å². The average molecular weight is 245 g/mol. The first-order chi connectivity index (χ1) is 8.77. The average Bonchev–Trinajstić information content (AvgIpc) is 2.40. The molecule has 1 fully saturated rings. The second-order valence-corrected chi connectivity index (χ2v) is 4.13. The molecule has 1 aromatic carbocycles. The minimum Gasteiger partial charge on any atom is -0.355 e. The van der Waals surface area contributed by atoms with Crippen LogP contribution in [0.4, 0.5) is 0 Å². The molecule has 1 aliphatic rings. The molecule has 0 aliphatic carbocycles. The monoisotopic (exact) mass is 245 g/mol. The molecule has 2 rings (SSSR count). The molecule has 1 heterocycles. The maximum absolute atomic E-state index is 11.7. The summed E-state index contributed by atoms with van der Waals surface area (Å²) in [6, 6.07) is 9.43. The van der Waals surface area contributed by atoms with Gasteiger partial charge in [0.25, 0.3) is 5.91 Å². The van der Waals surface area contributed by atoms with Crippen LogP contribution in [0.2, 0.25) is 0 Å². The van der Waals surface area contributed by atoms with E-state index in [1.807, 2.05) is 30.3 Å². The van der Waals surface area contributed by atoms with Crippen molar-refractivity contribution in [1.82, 2.24) is 10.7 Å². The van der Waals surface area contributed by atoms with Crippen LogP contribution >= 0.6 is 0 Å². The SMILES string of the molecule is O=C1NCCCC1C(=O)NN=Cc1ccccc1. The molecule has 0 aromatic heterocycles. The van der Waals surface area contributed by atoms with E-state index in [1.54, 1.807) is 6.21 Å². The van der Waals surface area contributed by atoms with Crippen molar-refractivity contribution in [3.63, 3.8) is 0 Å². The minimum atomic E-state index is -0.619. The Morgan fingerprint density at radius 3 is 2.89 bits per heavy atom. The van der Waals surface area contributed by atoms with Crippen molar-refractivity contribution in [2.24, 2.45) is 11.0 Å². The molecule has 2 N–H and O–H groups in total. The molecule has 1 atom stereocenters. The van der Waals surface area contributed by atoms with Crippen LogP contribution in [-0.2, 0) is 9.59 Å². The van der Waals surface area contributed by atoms with Gasteiger partial charge in [-0.1, -0.05) is 30.3 Å². The van der Waals surface area contributed by atoms with Gasteiger partial charge in [-0.3, -0.25) is 9.59 Å². The summed E-state index contributed by atoms with van der Waals surface area (Å²) >= 11 is 0. The summed E-state index contributed by atoms with van der Waals surface area (Å²) in [6.07, 6.45) is 2.96. The highest BCUT2D eigenvalue weighted by Gasteiger charge is 2.28. The van der Waals surface area contributed by atoms with Crippen molar-refractivity contribution in [1.29, 1.82) is 0 Å². The van der Waals surface area contributed by atoms with Gasteiger partial charge in [-0.2, -0.15) is 5.10 Å². The number of rotatable bonds is 3. The van der Waals surface area contributed by atoms with Gasteiger partial charge in [-0.15, -0.1) is 0 Å². The largest absolute Gasteiger partial charge is 0.355 e. The third-order valence-electron chi connectivity index (χ3n) is 2.79. The van der Waals surface area contributed by atoms with Gasteiger partial charge >= 0.3 is 0 Å². The van der Waals surface area contributed by atoms with E-state index in [1.165, 1.54) is 0 Å². The molecule has 0 radical (unpaired) electrons. The summed E-state index contributed by atoms with van der Waals surface area (Å²) < 4.78 is 0. The summed E-state index contributed by atoms with van der Waals surface area (Å²) in [5, 5.41) is 6.52. The summed E-state index contributed by atoms with van der Waals surface area (Å²) in [4.78, 5) is 23.2. The summed E-state index contributed by atoms with van der Waals surface area (Å²) in [5.74, 6) is -1.18. The molecule has 0 spiro atoms. The lowest BCUT2D eigenvalue weighted by molar-refractivity contribution is -0.136. The van der Waals surface area contributed by atoms with Crippen LogP contribution in [0.15, 0.2) is 35.4 Å². The molecule has 1 aromatic rings. The third-order valence-corrected chi connectivity index (χ3v) is 2.79. The minimum absolute atomic E-state index is 0.214. The van der Waals surface area contributed by atoms with Crippen LogP contribution in [0.5, 0.6) is 0 Å². The van der Waals surface area contributed by atoms with Gasteiger partial charge in [0.1, 0.15) is 5.92 Å². The second kappa shape index (κ2) is 5.95. The molecule has 0 bridgehead atoms. The van der Waals surface area contributed by atoms with E-state index in [4.69, 9.17) is 0 Å². The van der Waals surface area contributed by atoms with Crippen molar-refractivity contribution >= 4 is 18.0 Å². The number of hydrogen-bond donors (Lipinski definition) is 2. The van der Waals surface area contributed by atoms with Crippen LogP contribution in [0.1, 0.15) is 18.4 Å². The number of benzene rings is 1. The van der Waals surface area contributed by atoms with Gasteiger partial charge in [-0.05, 0) is 18.4 Å². The maximum Gasteiger partial charge on any atom is 0.252 e. The number of amides is 2. The Labute approximate surface area is 105 Å². The quantitative estimate of drug-likeness (QED) is 0.466. The topological polar surface area (TPSA) is 70.6 Å². The molecule has 94 valence electrons. The standard InChI is InChI=1S/C13H15N3O2/c17-12-11(7-4-8-14-12)13(18)16-15-9-10-5-2-1-3-6-10/h1-3,5-6,9,11H,4,7-8H2,(H,14,17)(H,16,18). The van der Waals surface area contributed by atoms with Crippen LogP contribution in [-0.4, -0.2) is 24.6 Å². The zero-order valence-electron chi connectivity index (χ0n) is 9.93. The zero-order chi connectivity index (χ0) is 12.8. The Morgan fingerprint density at radius 1 is 1.39 bits per heavy atom. The number of nitrogens with zero attached hydrogens (tertiary/aromatic N) is 1. The predicted molar refractivity (Wildman–Crippen MR) is 67.9 cm³/mol. The highest BCUT2D eigenvalue weighted by atomic mass is 16.2. The smallest absolute Gasteiger partial charge is 0.252 e. The normalized spacial score (nSPS) is 19.6. The van der Waals surface area contributed by atoms with E-state index in [0.717, 1.165) is 12.0 Å². The van der Waals surface area contributed by atoms with Gasteiger partial charge in [0.05, 0.1) is 6.21 Å². The highest BCUT2D eigenvalue weighted by molar-refractivity contribution is 6.00. The maximum atomic E-state index is 11.7. The highest BCUT2D eigenvalue weighted by Crippen LogP contribution is 2.11. The number of hydrazone groups is 1. The summed E-state index contributed by atoms with van der Waals surface area (Å²) in [5.41, 5.74) is 3.30. The van der Waals surface area contributed by atoms with E-state index >= 15 is 0 Å².